The zero-order valence-electron chi connectivity index (χ0n) is 11.5. The quantitative estimate of drug-likeness (QED) is 0.278. The Labute approximate surface area is 123 Å². The second-order valence-electron chi connectivity index (χ2n) is 5.27. The van der Waals surface area contributed by atoms with Gasteiger partial charge in [0.1, 0.15) is 0 Å². The van der Waals surface area contributed by atoms with Crippen molar-refractivity contribution in [1.29, 1.82) is 0 Å². The Morgan fingerprint density at radius 3 is 0.905 bits per heavy atom. The number of carboxylic acid groups (broad SMARTS) is 4. The summed E-state index contributed by atoms with van der Waals surface area (Å²) in [6.07, 6.45) is 0. The molecule has 11 heteroatoms. The molecule has 0 aliphatic carbocycles. The Balaban J connectivity index is 0. The molecule has 10 nitrogen and oxygen atoms in total. The monoisotopic (exact) mass is 360 g/mol. The molecule has 0 bridgehead atoms. The van der Waals surface area contributed by atoms with E-state index in [4.69, 9.17) is 31.9 Å². The Hall–Kier alpha value is -1.58. The van der Waals surface area contributed by atoms with Crippen LogP contribution in [-0.4, -0.2) is 57.4 Å². The van der Waals surface area contributed by atoms with E-state index in [1.54, 1.807) is 0 Å². The van der Waals surface area contributed by atoms with Gasteiger partial charge < -0.3 is 11.5 Å². The SMILES string of the molecule is NCCN.O=C(O)[CH2][Zn]([CH2]C(=O)O)([CH2]C(=O)O)[CH2]C(=O)O. The van der Waals surface area contributed by atoms with Crippen LogP contribution in [0.25, 0.3) is 0 Å². The summed E-state index contributed by atoms with van der Waals surface area (Å²) in [5, 5.41) is 32.2. The van der Waals surface area contributed by atoms with Gasteiger partial charge in [0.15, 0.2) is 0 Å². The summed E-state index contributed by atoms with van der Waals surface area (Å²) < 4.78 is 0. The molecule has 0 heterocycles. The molecule has 0 rings (SSSR count). The van der Waals surface area contributed by atoms with Gasteiger partial charge in [0.2, 0.25) is 0 Å². The molecule has 0 saturated heterocycles. The summed E-state index contributed by atoms with van der Waals surface area (Å²) >= 11 is -4.39. The number of carbonyl (C=O) groups is 4. The van der Waals surface area contributed by atoms with E-state index in [1.807, 2.05) is 0 Å². The number of nitrogens with two attached hydrogens (primary N) is 2. The molecule has 120 valence electrons. The van der Waals surface area contributed by atoms with Crippen LogP contribution >= 0.6 is 0 Å². The predicted molar refractivity (Wildman–Crippen MR) is 67.9 cm³/mol. The number of rotatable bonds is 9. The van der Waals surface area contributed by atoms with Crippen molar-refractivity contribution in [1.82, 2.24) is 0 Å². The molecular weight excluding hydrogens is 342 g/mol. The van der Waals surface area contributed by atoms with Crippen LogP contribution in [0.1, 0.15) is 0 Å². The fraction of sp³-hybridized carbons (Fsp3) is 0.600. The van der Waals surface area contributed by atoms with Gasteiger partial charge in [0.05, 0.1) is 0 Å². The van der Waals surface area contributed by atoms with Crippen molar-refractivity contribution in [3.8, 4) is 0 Å². The third-order valence-corrected chi connectivity index (χ3v) is 15.6. The molecule has 0 fully saturated rings. The van der Waals surface area contributed by atoms with Crippen molar-refractivity contribution in [3.05, 3.63) is 0 Å². The Kier molecular flexibility index (Phi) is 11.5. The van der Waals surface area contributed by atoms with Gasteiger partial charge in [-0.25, -0.2) is 0 Å². The standard InChI is InChI=1S/C2H8N2.4C2H3O2.Zn/c3-1-2-4;4*1-2(3)4;/h1-4H2;4*1H2,(H,3,4);. The molecule has 0 atom stereocenters. The van der Waals surface area contributed by atoms with Gasteiger partial charge in [-0.05, 0) is 0 Å². The van der Waals surface area contributed by atoms with Crippen LogP contribution in [0.3, 0.4) is 0 Å². The van der Waals surface area contributed by atoms with Gasteiger partial charge in [-0.15, -0.1) is 0 Å². The molecule has 0 unspecified atom stereocenters. The summed E-state index contributed by atoms with van der Waals surface area (Å²) in [7, 11) is 0. The molecule has 0 aromatic heterocycles. The van der Waals surface area contributed by atoms with Gasteiger partial charge in [-0.1, -0.05) is 0 Å². The van der Waals surface area contributed by atoms with Crippen LogP contribution in [0.5, 0.6) is 0 Å². The van der Waals surface area contributed by atoms with Gasteiger partial charge >= 0.3 is 98.3 Å². The van der Waals surface area contributed by atoms with E-state index in [2.05, 4.69) is 0 Å². The molecule has 8 N–H and O–H groups in total. The molecule has 0 spiro atoms. The van der Waals surface area contributed by atoms with Crippen molar-refractivity contribution in [2.75, 3.05) is 13.1 Å². The first-order valence-corrected chi connectivity index (χ1v) is 14.8. The van der Waals surface area contributed by atoms with Crippen molar-refractivity contribution in [2.45, 2.75) is 20.1 Å². The zero-order valence-corrected chi connectivity index (χ0v) is 14.5. The van der Waals surface area contributed by atoms with Crippen LogP contribution in [0.2, 0.25) is 20.1 Å². The second-order valence-corrected chi connectivity index (χ2v) is 18.4. The summed E-state index contributed by atoms with van der Waals surface area (Å²) in [6, 6.07) is 0. The topological polar surface area (TPSA) is 201 Å². The van der Waals surface area contributed by atoms with Crippen LogP contribution in [0.15, 0.2) is 0 Å². The van der Waals surface area contributed by atoms with E-state index in [0.29, 0.717) is 13.1 Å². The molecule has 0 aliphatic rings. The Morgan fingerprint density at radius 2 is 0.810 bits per heavy atom. The van der Waals surface area contributed by atoms with E-state index in [0.717, 1.165) is 0 Å². The van der Waals surface area contributed by atoms with Gasteiger partial charge in [0, 0.05) is 13.1 Å². The number of hydrogen-bond acceptors (Lipinski definition) is 6. The third-order valence-electron chi connectivity index (χ3n) is 3.14. The zero-order chi connectivity index (χ0) is 17.1. The fourth-order valence-corrected chi connectivity index (χ4v) is 12.2. The minimum absolute atomic E-state index is 0.597. The van der Waals surface area contributed by atoms with E-state index >= 15 is 0 Å². The molecule has 0 saturated carbocycles. The van der Waals surface area contributed by atoms with Gasteiger partial charge in [0.25, 0.3) is 0 Å². The van der Waals surface area contributed by atoms with E-state index in [-0.39, 0.29) is 0 Å². The number of hydrogen-bond donors (Lipinski definition) is 6. The summed E-state index contributed by atoms with van der Waals surface area (Å²) in [5.41, 5.74) is 9.81. The summed E-state index contributed by atoms with van der Waals surface area (Å²) in [6.45, 7) is 1.19. The first-order chi connectivity index (χ1) is 9.58. The molecular formula is C10H20N2O8Zn. The normalized spacial score (nSPS) is 9.43. The predicted octanol–water partition coefficient (Wildman–Crippen LogP) is -0.944. The number of carboxylic acids is 4. The first kappa shape index (κ1) is 21.7. The Bertz CT molecular complexity index is 316. The van der Waals surface area contributed by atoms with Gasteiger partial charge in [-0.3, -0.25) is 0 Å². The first-order valence-electron chi connectivity index (χ1n) is 6.44. The van der Waals surface area contributed by atoms with Crippen molar-refractivity contribution >= 4 is 23.9 Å². The third kappa shape index (κ3) is 13.2. The molecule has 0 radical (unpaired) electrons. The summed E-state index contributed by atoms with van der Waals surface area (Å²) in [4.78, 5) is 42.5. The minimum atomic E-state index is -4.39. The maximum absolute atomic E-state index is 10.6. The number of aliphatic carboxylic acids is 4. The van der Waals surface area contributed by atoms with Crippen molar-refractivity contribution < 1.29 is 54.4 Å². The molecule has 0 amide bonds. The Morgan fingerprint density at radius 1 is 0.619 bits per heavy atom. The van der Waals surface area contributed by atoms with E-state index in [1.165, 1.54) is 0 Å². The van der Waals surface area contributed by atoms with Crippen molar-refractivity contribution in [3.63, 3.8) is 0 Å². The van der Waals surface area contributed by atoms with Crippen LogP contribution in [0.4, 0.5) is 0 Å². The van der Waals surface area contributed by atoms with Crippen molar-refractivity contribution in [2.24, 2.45) is 11.5 Å². The van der Waals surface area contributed by atoms with Gasteiger partial charge in [-0.2, -0.15) is 0 Å². The summed E-state index contributed by atoms with van der Waals surface area (Å²) in [5.74, 6) is -5.36. The molecule has 21 heavy (non-hydrogen) atoms. The molecule has 0 aliphatic heterocycles. The second kappa shape index (κ2) is 11.1. The average Bonchev–Trinajstić information content (AvgIpc) is 2.24. The molecule has 0 aromatic rings. The fourth-order valence-electron chi connectivity index (χ4n) is 2.35. The van der Waals surface area contributed by atoms with Crippen LogP contribution in [-0.2, 0) is 34.0 Å². The van der Waals surface area contributed by atoms with E-state index in [9.17, 15) is 19.2 Å². The van der Waals surface area contributed by atoms with Crippen LogP contribution in [0, 0.1) is 0 Å². The average molecular weight is 362 g/mol. The maximum atomic E-state index is 10.6. The van der Waals surface area contributed by atoms with Crippen LogP contribution < -0.4 is 11.5 Å². The van der Waals surface area contributed by atoms with E-state index < -0.39 is 58.7 Å². The molecule has 0 aromatic carbocycles.